The van der Waals surface area contributed by atoms with Crippen LogP contribution in [0.2, 0.25) is 0 Å². The number of benzene rings is 3. The number of thioether (sulfide) groups is 1. The van der Waals surface area contributed by atoms with Crippen LogP contribution < -0.4 is 9.64 Å². The molecule has 1 aliphatic heterocycles. The van der Waals surface area contributed by atoms with Crippen molar-refractivity contribution in [2.75, 3.05) is 11.5 Å². The normalized spacial score (nSPS) is 16.1. The van der Waals surface area contributed by atoms with Crippen LogP contribution >= 0.6 is 43.6 Å². The van der Waals surface area contributed by atoms with E-state index in [9.17, 15) is 4.79 Å². The Labute approximate surface area is 208 Å². The molecule has 0 bridgehead atoms. The first-order valence-electron chi connectivity index (χ1n) is 9.72. The van der Waals surface area contributed by atoms with E-state index in [0.29, 0.717) is 22.4 Å². The summed E-state index contributed by atoms with van der Waals surface area (Å²) in [5.74, 6) is 0.510. The highest BCUT2D eigenvalue weighted by Gasteiger charge is 2.35. The van der Waals surface area contributed by atoms with Crippen LogP contribution in [-0.4, -0.2) is 17.7 Å². The Morgan fingerprint density at radius 3 is 2.41 bits per heavy atom. The summed E-state index contributed by atoms with van der Waals surface area (Å²) in [6.07, 6.45) is 3.52. The number of carbonyl (C=O) groups is 1. The van der Waals surface area contributed by atoms with Gasteiger partial charge in [-0.05, 0) is 70.2 Å². The van der Waals surface area contributed by atoms with Crippen molar-refractivity contribution >= 4 is 72.1 Å². The maximum absolute atomic E-state index is 13.5. The molecule has 0 aliphatic carbocycles. The third-order valence-corrected chi connectivity index (χ3v) is 6.49. The number of hydrogen-bond donors (Lipinski definition) is 0. The summed E-state index contributed by atoms with van der Waals surface area (Å²) in [5.41, 5.74) is 2.32. The Morgan fingerprint density at radius 1 is 1.03 bits per heavy atom. The molecule has 1 fully saturated rings. The standard InChI is InChI=1S/C25H18Br2N2O2S/c1-2-13-31-23-17(14-18(26)16-21(23)27)15-22-24(30)29(20-11-7-4-8-12-20)25(32-22)28-19-9-5-3-6-10-19/h2-12,14-16H,1,13H2/b22-15-,28-25?. The first-order valence-corrected chi connectivity index (χ1v) is 12.1. The van der Waals surface area contributed by atoms with Crippen LogP contribution in [0, 0.1) is 0 Å². The van der Waals surface area contributed by atoms with Gasteiger partial charge in [-0.3, -0.25) is 9.69 Å². The molecule has 1 aliphatic rings. The van der Waals surface area contributed by atoms with E-state index in [4.69, 9.17) is 9.73 Å². The molecule has 0 spiro atoms. The van der Waals surface area contributed by atoms with Gasteiger partial charge in [-0.25, -0.2) is 4.99 Å². The number of amidine groups is 1. The summed E-state index contributed by atoms with van der Waals surface area (Å²) in [6.45, 7) is 4.07. The summed E-state index contributed by atoms with van der Waals surface area (Å²) >= 11 is 8.41. The van der Waals surface area contributed by atoms with Gasteiger partial charge in [-0.2, -0.15) is 0 Å². The van der Waals surface area contributed by atoms with Crippen LogP contribution in [0.15, 0.2) is 104 Å². The maximum atomic E-state index is 13.5. The fourth-order valence-electron chi connectivity index (χ4n) is 3.09. The van der Waals surface area contributed by atoms with Crippen molar-refractivity contribution in [3.8, 4) is 5.75 Å². The number of nitrogens with zero attached hydrogens (tertiary/aromatic N) is 2. The van der Waals surface area contributed by atoms with Crippen LogP contribution in [0.25, 0.3) is 6.08 Å². The second kappa shape index (κ2) is 10.3. The molecule has 0 aromatic heterocycles. The van der Waals surface area contributed by atoms with Gasteiger partial charge in [0.25, 0.3) is 5.91 Å². The number of anilines is 1. The molecular formula is C25H18Br2N2O2S. The zero-order valence-corrected chi connectivity index (χ0v) is 20.9. The highest BCUT2D eigenvalue weighted by Crippen LogP contribution is 2.40. The van der Waals surface area contributed by atoms with Crippen molar-refractivity contribution < 1.29 is 9.53 Å². The fraction of sp³-hybridized carbons (Fsp3) is 0.0400. The largest absolute Gasteiger partial charge is 0.488 e. The van der Waals surface area contributed by atoms with E-state index >= 15 is 0 Å². The quantitative estimate of drug-likeness (QED) is 0.227. The molecule has 3 aromatic carbocycles. The Bertz CT molecular complexity index is 1210. The number of hydrogen-bond acceptors (Lipinski definition) is 4. The summed E-state index contributed by atoms with van der Waals surface area (Å²) in [7, 11) is 0. The van der Waals surface area contributed by atoms with Gasteiger partial charge >= 0.3 is 0 Å². The van der Waals surface area contributed by atoms with Gasteiger partial charge in [0.1, 0.15) is 12.4 Å². The van der Waals surface area contributed by atoms with Crippen LogP contribution in [0.5, 0.6) is 5.75 Å². The van der Waals surface area contributed by atoms with E-state index in [1.165, 1.54) is 11.8 Å². The van der Waals surface area contributed by atoms with E-state index < -0.39 is 0 Å². The van der Waals surface area contributed by atoms with Crippen molar-refractivity contribution in [1.29, 1.82) is 0 Å². The lowest BCUT2D eigenvalue weighted by atomic mass is 10.1. The van der Waals surface area contributed by atoms with Gasteiger partial charge in [0.2, 0.25) is 0 Å². The molecule has 7 heteroatoms. The van der Waals surface area contributed by atoms with E-state index in [1.54, 1.807) is 11.0 Å². The molecule has 1 amide bonds. The van der Waals surface area contributed by atoms with Crippen molar-refractivity contribution in [3.63, 3.8) is 0 Å². The Morgan fingerprint density at radius 2 is 1.72 bits per heavy atom. The Hall–Kier alpha value is -2.61. The van der Waals surface area contributed by atoms with Crippen LogP contribution in [-0.2, 0) is 4.79 Å². The number of amides is 1. The first-order chi connectivity index (χ1) is 15.6. The van der Waals surface area contributed by atoms with Crippen molar-refractivity contribution in [2.45, 2.75) is 0 Å². The summed E-state index contributed by atoms with van der Waals surface area (Å²) in [4.78, 5) is 20.4. The third kappa shape index (κ3) is 5.06. The van der Waals surface area contributed by atoms with Gasteiger partial charge in [0, 0.05) is 10.0 Å². The predicted molar refractivity (Wildman–Crippen MR) is 141 cm³/mol. The van der Waals surface area contributed by atoms with Crippen molar-refractivity contribution in [3.05, 3.63) is 105 Å². The van der Waals surface area contributed by atoms with Crippen LogP contribution in [0.1, 0.15) is 5.56 Å². The number of halogens is 2. The number of carbonyl (C=O) groups excluding carboxylic acids is 1. The number of rotatable bonds is 6. The lowest BCUT2D eigenvalue weighted by Gasteiger charge is -2.15. The van der Waals surface area contributed by atoms with E-state index in [2.05, 4.69) is 38.4 Å². The lowest BCUT2D eigenvalue weighted by Crippen LogP contribution is -2.28. The second-order valence-corrected chi connectivity index (χ2v) is 9.50. The molecule has 4 nitrogen and oxygen atoms in total. The minimum absolute atomic E-state index is 0.137. The number of para-hydroxylation sites is 2. The highest BCUT2D eigenvalue weighted by atomic mass is 79.9. The Kier molecular flexibility index (Phi) is 7.29. The van der Waals surface area contributed by atoms with Crippen molar-refractivity contribution in [2.24, 2.45) is 4.99 Å². The molecule has 1 saturated heterocycles. The molecule has 160 valence electrons. The van der Waals surface area contributed by atoms with Crippen LogP contribution in [0.3, 0.4) is 0 Å². The van der Waals surface area contributed by atoms with E-state index in [-0.39, 0.29) is 5.91 Å². The molecule has 0 atom stereocenters. The lowest BCUT2D eigenvalue weighted by molar-refractivity contribution is -0.113. The summed E-state index contributed by atoms with van der Waals surface area (Å²) < 4.78 is 7.51. The molecule has 0 saturated carbocycles. The molecule has 0 unspecified atom stereocenters. The second-order valence-electron chi connectivity index (χ2n) is 6.72. The average Bonchev–Trinajstić information content (AvgIpc) is 3.09. The first kappa shape index (κ1) is 22.6. The van der Waals surface area contributed by atoms with Gasteiger partial charge < -0.3 is 4.74 Å². The van der Waals surface area contributed by atoms with Crippen molar-refractivity contribution in [1.82, 2.24) is 0 Å². The van der Waals surface area contributed by atoms with E-state index in [1.807, 2.05) is 78.9 Å². The fourth-order valence-corrected chi connectivity index (χ4v) is 5.45. The monoisotopic (exact) mass is 568 g/mol. The Balaban J connectivity index is 1.80. The SMILES string of the molecule is C=CCOc1c(Br)cc(Br)cc1/C=C1\SC(=Nc2ccccc2)N(c2ccccc2)C1=O. The van der Waals surface area contributed by atoms with Crippen LogP contribution in [0.4, 0.5) is 11.4 Å². The smallest absolute Gasteiger partial charge is 0.271 e. The molecule has 1 heterocycles. The minimum atomic E-state index is -0.137. The minimum Gasteiger partial charge on any atom is -0.488 e. The summed E-state index contributed by atoms with van der Waals surface area (Å²) in [6, 6.07) is 23.0. The zero-order valence-electron chi connectivity index (χ0n) is 16.9. The number of ether oxygens (including phenoxy) is 1. The molecule has 3 aromatic rings. The maximum Gasteiger partial charge on any atom is 0.271 e. The molecule has 0 radical (unpaired) electrons. The third-order valence-electron chi connectivity index (χ3n) is 4.47. The summed E-state index contributed by atoms with van der Waals surface area (Å²) in [5, 5.41) is 0.598. The van der Waals surface area contributed by atoms with Gasteiger partial charge in [-0.1, -0.05) is 65.0 Å². The molecule has 0 N–H and O–H groups in total. The zero-order chi connectivity index (χ0) is 22.5. The van der Waals surface area contributed by atoms with Gasteiger partial charge in [-0.15, -0.1) is 0 Å². The average molecular weight is 570 g/mol. The molecule has 4 rings (SSSR count). The highest BCUT2D eigenvalue weighted by molar-refractivity contribution is 9.11. The van der Waals surface area contributed by atoms with E-state index in [0.717, 1.165) is 25.9 Å². The predicted octanol–water partition coefficient (Wildman–Crippen LogP) is 7.59. The number of aliphatic imine (C=N–C) groups is 1. The van der Waals surface area contributed by atoms with Gasteiger partial charge in [0.05, 0.1) is 20.8 Å². The molecule has 32 heavy (non-hydrogen) atoms. The topological polar surface area (TPSA) is 41.9 Å². The van der Waals surface area contributed by atoms with Gasteiger partial charge in [0.15, 0.2) is 5.17 Å². The molecular weight excluding hydrogens is 552 g/mol.